The summed E-state index contributed by atoms with van der Waals surface area (Å²) in [5, 5.41) is 0. The third-order valence-electron chi connectivity index (χ3n) is 0. The molecule has 0 amide bonds. The number of rotatable bonds is 0. The van der Waals surface area contributed by atoms with E-state index in [0.29, 0.717) is 0 Å². The van der Waals surface area contributed by atoms with Crippen LogP contribution in [0.15, 0.2) is 0 Å². The first-order chi connectivity index (χ1) is 1.73. The van der Waals surface area contributed by atoms with E-state index in [2.05, 4.69) is 0 Å². The van der Waals surface area contributed by atoms with Gasteiger partial charge in [0.05, 0.1) is 0 Å². The molecule has 5 heavy (non-hydrogen) atoms. The van der Waals surface area contributed by atoms with Crippen LogP contribution in [0.4, 0.5) is 0 Å². The number of hydrogen-bond donors (Lipinski definition) is 1. The minimum atomic E-state index is -2.29. The minimum Gasteiger partial charge on any atom is 0 e. The molecule has 0 aromatic carbocycles. The standard InChI is InChI=1S/CH4O2Se.Pb/c1-4(2)3;/h1H3,(H,2,3);. The first-order valence-corrected chi connectivity index (χ1v) is 3.94. The van der Waals surface area contributed by atoms with Gasteiger partial charge in [-0.15, -0.1) is 0 Å². The summed E-state index contributed by atoms with van der Waals surface area (Å²) in [6.07, 6.45) is 0. The zero-order valence-electron chi connectivity index (χ0n) is 2.76. The molecule has 1 unspecified atom stereocenters. The zero-order valence-corrected chi connectivity index (χ0v) is 8.36. The summed E-state index contributed by atoms with van der Waals surface area (Å²) in [5.74, 6) is 1.29. The first kappa shape index (κ1) is 9.50. The fourth-order valence-electron chi connectivity index (χ4n) is 0. The second kappa shape index (κ2) is 5.20. The topological polar surface area (TPSA) is 37.3 Å². The van der Waals surface area contributed by atoms with Crippen molar-refractivity contribution >= 4 is 41.5 Å². The van der Waals surface area contributed by atoms with E-state index in [1.807, 2.05) is 0 Å². The van der Waals surface area contributed by atoms with Crippen molar-refractivity contribution in [1.29, 1.82) is 0 Å². The van der Waals surface area contributed by atoms with Gasteiger partial charge in [0.25, 0.3) is 0 Å². The smallest absolute Gasteiger partial charge is 0 e. The summed E-state index contributed by atoms with van der Waals surface area (Å²) < 4.78 is 16.8. The molecule has 1 atom stereocenters. The monoisotopic (exact) mass is 336 g/mol. The summed E-state index contributed by atoms with van der Waals surface area (Å²) in [7, 11) is 0. The Balaban J connectivity index is 0. The van der Waals surface area contributed by atoms with Crippen LogP contribution >= 0.6 is 0 Å². The van der Waals surface area contributed by atoms with Gasteiger partial charge in [0.1, 0.15) is 0 Å². The molecule has 0 aliphatic carbocycles. The fourth-order valence-corrected chi connectivity index (χ4v) is 0. The predicted molar refractivity (Wildman–Crippen MR) is 20.3 cm³/mol. The third-order valence-corrected chi connectivity index (χ3v) is 0. The van der Waals surface area contributed by atoms with Crippen molar-refractivity contribution in [2.75, 3.05) is 0 Å². The van der Waals surface area contributed by atoms with Crippen LogP contribution in [-0.4, -0.2) is 45.7 Å². The molecule has 2 nitrogen and oxygen atoms in total. The molecule has 0 rings (SSSR count). The Morgan fingerprint density at radius 3 is 1.80 bits per heavy atom. The molecule has 0 aliphatic heterocycles. The Bertz CT molecular complexity index is 32.6. The molecule has 0 aliphatic rings. The molecular formula is CH4O2PbSe. The quantitative estimate of drug-likeness (QED) is 0.586. The molecule has 4 heteroatoms. The Labute approximate surface area is 55.1 Å². The van der Waals surface area contributed by atoms with E-state index in [-0.39, 0.29) is 27.3 Å². The van der Waals surface area contributed by atoms with Crippen molar-refractivity contribution in [2.45, 2.75) is 5.82 Å². The molecule has 0 fully saturated rings. The van der Waals surface area contributed by atoms with Crippen LogP contribution in [0.25, 0.3) is 0 Å². The largest absolute Gasteiger partial charge is 0 e. The van der Waals surface area contributed by atoms with Gasteiger partial charge in [-0.05, 0) is 0 Å². The summed E-state index contributed by atoms with van der Waals surface area (Å²) in [4.78, 5) is 0. The number of hydrogen-bond acceptors (Lipinski definition) is 1. The van der Waals surface area contributed by atoms with E-state index < -0.39 is 14.2 Å². The molecule has 30 valence electrons. The Morgan fingerprint density at radius 1 is 1.80 bits per heavy atom. The average molecular weight is 334 g/mol. The van der Waals surface area contributed by atoms with Crippen molar-refractivity contribution in [3.8, 4) is 0 Å². The van der Waals surface area contributed by atoms with Gasteiger partial charge >= 0.3 is 28.0 Å². The zero-order chi connectivity index (χ0) is 3.58. The van der Waals surface area contributed by atoms with Crippen LogP contribution in [0.2, 0.25) is 5.82 Å². The average Bonchev–Trinajstić information content (AvgIpc) is 0.811. The maximum Gasteiger partial charge on any atom is 0 e. The van der Waals surface area contributed by atoms with Gasteiger partial charge in [0.15, 0.2) is 0 Å². The van der Waals surface area contributed by atoms with E-state index in [4.69, 9.17) is 4.19 Å². The van der Waals surface area contributed by atoms with E-state index in [9.17, 15) is 3.83 Å². The van der Waals surface area contributed by atoms with Gasteiger partial charge in [0.2, 0.25) is 0 Å². The maximum absolute atomic E-state index is 9.21. The van der Waals surface area contributed by atoms with Gasteiger partial charge in [-0.1, -0.05) is 0 Å². The second-order valence-electron chi connectivity index (χ2n) is 0.424. The molecule has 0 saturated heterocycles. The Morgan fingerprint density at radius 2 is 1.80 bits per heavy atom. The van der Waals surface area contributed by atoms with Crippen molar-refractivity contribution < 1.29 is 8.02 Å². The van der Waals surface area contributed by atoms with E-state index >= 15 is 0 Å². The SMILES string of the molecule is C[Se](=O)O.[Pb]. The van der Waals surface area contributed by atoms with E-state index in [1.165, 1.54) is 5.82 Å². The Kier molecular flexibility index (Phi) is 9.89. The molecule has 1 N–H and O–H groups in total. The van der Waals surface area contributed by atoms with Crippen molar-refractivity contribution in [3.05, 3.63) is 0 Å². The van der Waals surface area contributed by atoms with Crippen LogP contribution < -0.4 is 0 Å². The van der Waals surface area contributed by atoms with Gasteiger partial charge in [-0.3, -0.25) is 0 Å². The van der Waals surface area contributed by atoms with E-state index in [1.54, 1.807) is 0 Å². The molecule has 0 heterocycles. The Hall–Kier alpha value is 1.20. The summed E-state index contributed by atoms with van der Waals surface area (Å²) in [5.41, 5.74) is 0. The second-order valence-corrected chi connectivity index (χ2v) is 2.20. The molecule has 4 radical (unpaired) electrons. The van der Waals surface area contributed by atoms with Crippen LogP contribution in [-0.2, 0) is 3.83 Å². The van der Waals surface area contributed by atoms with Crippen LogP contribution in [0, 0.1) is 0 Å². The van der Waals surface area contributed by atoms with Crippen molar-refractivity contribution in [1.82, 2.24) is 0 Å². The van der Waals surface area contributed by atoms with Crippen molar-refractivity contribution in [3.63, 3.8) is 0 Å². The van der Waals surface area contributed by atoms with Crippen LogP contribution in [0.1, 0.15) is 0 Å². The minimum absolute atomic E-state index is 0. The van der Waals surface area contributed by atoms with Crippen LogP contribution in [0.5, 0.6) is 0 Å². The molecule has 0 bridgehead atoms. The fraction of sp³-hybridized carbons (Fsp3) is 1.00. The van der Waals surface area contributed by atoms with Gasteiger partial charge in [0, 0.05) is 27.3 Å². The normalized spacial score (nSPS) is 12.4. The summed E-state index contributed by atoms with van der Waals surface area (Å²) in [6, 6.07) is 0. The molecule has 0 saturated carbocycles. The van der Waals surface area contributed by atoms with Gasteiger partial charge < -0.3 is 0 Å². The molecular weight excluding hydrogens is 330 g/mol. The third kappa shape index (κ3) is 36.9. The molecule has 0 spiro atoms. The predicted octanol–water partition coefficient (Wildman–Crippen LogP) is -0.854. The molecule has 0 aromatic heterocycles. The maximum atomic E-state index is 9.21. The van der Waals surface area contributed by atoms with Gasteiger partial charge in [-0.25, -0.2) is 0 Å². The van der Waals surface area contributed by atoms with E-state index in [0.717, 1.165) is 0 Å². The summed E-state index contributed by atoms with van der Waals surface area (Å²) >= 11 is -2.29. The van der Waals surface area contributed by atoms with Gasteiger partial charge in [-0.2, -0.15) is 0 Å². The van der Waals surface area contributed by atoms with Crippen molar-refractivity contribution in [2.24, 2.45) is 0 Å². The summed E-state index contributed by atoms with van der Waals surface area (Å²) in [6.45, 7) is 0. The molecule has 0 aromatic rings. The first-order valence-electron chi connectivity index (χ1n) is 0.757. The van der Waals surface area contributed by atoms with Crippen LogP contribution in [0.3, 0.4) is 0 Å².